The van der Waals surface area contributed by atoms with Crippen LogP contribution in [0.15, 0.2) is 134 Å². The van der Waals surface area contributed by atoms with Crippen molar-refractivity contribution < 1.29 is 23.8 Å². The monoisotopic (exact) mass is 743 g/mol. The number of hydrogen-bond donors (Lipinski definition) is 1. The summed E-state index contributed by atoms with van der Waals surface area (Å²) in [5.41, 5.74) is 7.83. The third-order valence-corrected chi connectivity index (χ3v) is 9.29. The number of fused-ring (bicyclic) bond motifs is 2. The summed E-state index contributed by atoms with van der Waals surface area (Å²) in [7, 11) is 3.18. The summed E-state index contributed by atoms with van der Waals surface area (Å²) in [6.07, 6.45) is 3.96. The lowest BCUT2D eigenvalue weighted by Crippen LogP contribution is -2.28. The van der Waals surface area contributed by atoms with Gasteiger partial charge in [-0.15, -0.1) is 0 Å². The van der Waals surface area contributed by atoms with E-state index in [9.17, 15) is 9.59 Å². The van der Waals surface area contributed by atoms with E-state index in [0.717, 1.165) is 55.4 Å². The van der Waals surface area contributed by atoms with Crippen LogP contribution in [0.1, 0.15) is 32.1 Å². The number of carbonyl (C=O) groups is 2. The highest BCUT2D eigenvalue weighted by Crippen LogP contribution is 2.30. The van der Waals surface area contributed by atoms with Crippen molar-refractivity contribution in [3.63, 3.8) is 0 Å². The molecule has 0 radical (unpaired) electrons. The number of esters is 1. The average Bonchev–Trinajstić information content (AvgIpc) is 3.85. The number of nitrogens with one attached hydrogen (secondary N) is 1. The van der Waals surface area contributed by atoms with E-state index in [0.29, 0.717) is 36.0 Å². The second-order valence-corrected chi connectivity index (χ2v) is 13.0. The van der Waals surface area contributed by atoms with Crippen molar-refractivity contribution >= 4 is 33.7 Å². The van der Waals surface area contributed by atoms with E-state index in [1.165, 1.54) is 0 Å². The van der Waals surface area contributed by atoms with Crippen LogP contribution < -0.4 is 14.8 Å². The molecule has 56 heavy (non-hydrogen) atoms. The first kappa shape index (κ1) is 35.7. The SMILES string of the molecule is COc1cccc(Cn2cc3c(-c4cccc(C(=O)NCCOC(=O)c5cccc(-c6cccc7nn(Cc8cccc(OC)n8)cc67)c5)c4)cccc3n2)n1. The standard InChI is InChI=1S/C44H37N7O5/c1-54-41-19-5-13-33(46-41)25-50-27-37-35(15-7-17-39(37)48-50)29-9-3-11-31(23-29)43(52)45-21-22-56-44(53)32-12-4-10-30(24-32)36-16-8-18-40-38(36)28-51(49-40)26-34-14-6-20-42(47-34)55-2/h3-20,23-24,27-28H,21-22,25-26H2,1-2H3,(H,45,52). The molecule has 0 saturated heterocycles. The topological polar surface area (TPSA) is 135 Å². The molecule has 12 heteroatoms. The van der Waals surface area contributed by atoms with Crippen LogP contribution in [0.5, 0.6) is 11.8 Å². The number of rotatable bonds is 13. The lowest BCUT2D eigenvalue weighted by Gasteiger charge is -2.10. The van der Waals surface area contributed by atoms with Crippen LogP contribution in [-0.4, -0.2) is 68.8 Å². The van der Waals surface area contributed by atoms with E-state index in [2.05, 4.69) is 15.3 Å². The van der Waals surface area contributed by atoms with Crippen LogP contribution in [0.25, 0.3) is 44.1 Å². The minimum Gasteiger partial charge on any atom is -0.481 e. The highest BCUT2D eigenvalue weighted by Gasteiger charge is 2.15. The Labute approximate surface area is 322 Å². The maximum Gasteiger partial charge on any atom is 0.338 e. The van der Waals surface area contributed by atoms with Gasteiger partial charge in [0.25, 0.3) is 5.91 Å². The van der Waals surface area contributed by atoms with Gasteiger partial charge in [0.1, 0.15) is 6.61 Å². The molecule has 0 saturated carbocycles. The Hall–Kier alpha value is -7.34. The van der Waals surface area contributed by atoms with Crippen LogP contribution in [0.4, 0.5) is 0 Å². The van der Waals surface area contributed by atoms with Gasteiger partial charge in [-0.2, -0.15) is 10.2 Å². The summed E-state index contributed by atoms with van der Waals surface area (Å²) in [5, 5.41) is 14.3. The largest absolute Gasteiger partial charge is 0.481 e. The molecule has 1 amide bonds. The summed E-state index contributed by atoms with van der Waals surface area (Å²) < 4.78 is 19.8. The van der Waals surface area contributed by atoms with Crippen molar-refractivity contribution in [2.24, 2.45) is 0 Å². The van der Waals surface area contributed by atoms with Crippen molar-refractivity contribution in [3.05, 3.63) is 156 Å². The Bertz CT molecular complexity index is 2520. The van der Waals surface area contributed by atoms with E-state index in [1.807, 2.05) is 119 Å². The highest BCUT2D eigenvalue weighted by atomic mass is 16.5. The van der Waals surface area contributed by atoms with Crippen LogP contribution in [-0.2, 0) is 17.8 Å². The molecule has 0 aliphatic rings. The van der Waals surface area contributed by atoms with Gasteiger partial charge in [-0.3, -0.25) is 14.2 Å². The van der Waals surface area contributed by atoms with Crippen LogP contribution in [0.3, 0.4) is 0 Å². The second-order valence-electron chi connectivity index (χ2n) is 13.0. The molecule has 0 aliphatic carbocycles. The number of ether oxygens (including phenoxy) is 3. The number of hydrogen-bond acceptors (Lipinski definition) is 9. The van der Waals surface area contributed by atoms with Gasteiger partial charge in [0.05, 0.1) is 61.8 Å². The zero-order chi connectivity index (χ0) is 38.4. The van der Waals surface area contributed by atoms with E-state index in [-0.39, 0.29) is 19.1 Å². The molecule has 8 aromatic rings. The number of carbonyl (C=O) groups excluding carboxylic acids is 2. The molecule has 0 spiro atoms. The Balaban J connectivity index is 0.893. The molecule has 4 aromatic carbocycles. The molecule has 0 atom stereocenters. The van der Waals surface area contributed by atoms with E-state index in [4.69, 9.17) is 24.4 Å². The lowest BCUT2D eigenvalue weighted by atomic mass is 10.00. The van der Waals surface area contributed by atoms with Crippen LogP contribution in [0, 0.1) is 0 Å². The molecule has 4 heterocycles. The second kappa shape index (κ2) is 15.9. The summed E-state index contributed by atoms with van der Waals surface area (Å²) in [4.78, 5) is 35.3. The zero-order valence-corrected chi connectivity index (χ0v) is 30.8. The summed E-state index contributed by atoms with van der Waals surface area (Å²) in [6, 6.07) is 37.8. The van der Waals surface area contributed by atoms with Crippen LogP contribution >= 0.6 is 0 Å². The molecular weight excluding hydrogens is 707 g/mol. The summed E-state index contributed by atoms with van der Waals surface area (Å²) in [5.74, 6) is 0.346. The maximum atomic E-state index is 13.2. The number of pyridine rings is 2. The summed E-state index contributed by atoms with van der Waals surface area (Å²) in [6.45, 7) is 1.12. The van der Waals surface area contributed by atoms with Crippen molar-refractivity contribution in [3.8, 4) is 34.0 Å². The van der Waals surface area contributed by atoms with Gasteiger partial charge in [-0.25, -0.2) is 14.8 Å². The molecule has 0 unspecified atom stereocenters. The number of methoxy groups -OCH3 is 2. The Morgan fingerprint density at radius 3 is 1.66 bits per heavy atom. The van der Waals surface area contributed by atoms with Gasteiger partial charge in [0.15, 0.2) is 0 Å². The quantitative estimate of drug-likeness (QED) is 0.0960. The first-order valence-corrected chi connectivity index (χ1v) is 18.0. The third-order valence-electron chi connectivity index (χ3n) is 9.29. The molecule has 0 fully saturated rings. The lowest BCUT2D eigenvalue weighted by molar-refractivity contribution is 0.0503. The third kappa shape index (κ3) is 7.80. The van der Waals surface area contributed by atoms with E-state index >= 15 is 0 Å². The highest BCUT2D eigenvalue weighted by molar-refractivity contribution is 5.99. The van der Waals surface area contributed by atoms with Crippen molar-refractivity contribution in [2.75, 3.05) is 27.4 Å². The number of aromatic nitrogens is 6. The van der Waals surface area contributed by atoms with Gasteiger partial charge in [-0.1, -0.05) is 60.7 Å². The van der Waals surface area contributed by atoms with Gasteiger partial charge >= 0.3 is 5.97 Å². The molecule has 0 aliphatic heterocycles. The van der Waals surface area contributed by atoms with E-state index < -0.39 is 5.97 Å². The molecule has 0 bridgehead atoms. The number of nitrogens with zero attached hydrogens (tertiary/aromatic N) is 6. The maximum absolute atomic E-state index is 13.2. The molecule has 278 valence electrons. The minimum absolute atomic E-state index is 0.00971. The number of benzene rings is 4. The Kier molecular flexibility index (Phi) is 10.2. The average molecular weight is 744 g/mol. The van der Waals surface area contributed by atoms with Gasteiger partial charge in [0.2, 0.25) is 11.8 Å². The predicted octanol–water partition coefficient (Wildman–Crippen LogP) is 7.21. The first-order valence-electron chi connectivity index (χ1n) is 18.0. The number of amides is 1. The zero-order valence-electron chi connectivity index (χ0n) is 30.8. The predicted molar refractivity (Wildman–Crippen MR) is 213 cm³/mol. The molecule has 12 nitrogen and oxygen atoms in total. The molecule has 1 N–H and O–H groups in total. The molecule has 8 rings (SSSR count). The summed E-state index contributed by atoms with van der Waals surface area (Å²) >= 11 is 0. The van der Waals surface area contributed by atoms with Crippen molar-refractivity contribution in [1.29, 1.82) is 0 Å². The van der Waals surface area contributed by atoms with Crippen LogP contribution in [0.2, 0.25) is 0 Å². The van der Waals surface area contributed by atoms with Gasteiger partial charge in [0, 0.05) is 40.9 Å². The fourth-order valence-corrected chi connectivity index (χ4v) is 6.64. The smallest absolute Gasteiger partial charge is 0.338 e. The Morgan fingerprint density at radius 1 is 0.607 bits per heavy atom. The fourth-order valence-electron chi connectivity index (χ4n) is 6.64. The van der Waals surface area contributed by atoms with E-state index in [1.54, 1.807) is 38.5 Å². The first-order chi connectivity index (χ1) is 27.4. The Morgan fingerprint density at radius 2 is 1.11 bits per heavy atom. The fraction of sp³-hybridized carbons (Fsp3) is 0.136. The molecular formula is C44H37N7O5. The minimum atomic E-state index is -0.481. The van der Waals surface area contributed by atoms with Crippen molar-refractivity contribution in [2.45, 2.75) is 13.1 Å². The molecule has 4 aromatic heterocycles. The van der Waals surface area contributed by atoms with Crippen molar-refractivity contribution in [1.82, 2.24) is 34.8 Å². The van der Waals surface area contributed by atoms with Gasteiger partial charge < -0.3 is 19.5 Å². The normalized spacial score (nSPS) is 11.1. The van der Waals surface area contributed by atoms with Gasteiger partial charge in [-0.05, 0) is 70.8 Å².